The van der Waals surface area contributed by atoms with Gasteiger partial charge in [0.2, 0.25) is 0 Å². The van der Waals surface area contributed by atoms with Gasteiger partial charge < -0.3 is 12.8 Å². The summed E-state index contributed by atoms with van der Waals surface area (Å²) in [6, 6.07) is 35.3. The Bertz CT molecular complexity index is 921. The molecule has 3 aromatic rings. The summed E-state index contributed by atoms with van der Waals surface area (Å²) in [7, 11) is 0. The van der Waals surface area contributed by atoms with Crippen LogP contribution >= 0.6 is 0 Å². The molecule has 77 heavy (non-hydrogen) atoms. The Morgan fingerprint density at radius 3 is 0.740 bits per heavy atom. The van der Waals surface area contributed by atoms with Crippen molar-refractivity contribution < 1.29 is 37.1 Å². The summed E-state index contributed by atoms with van der Waals surface area (Å²) in [4.78, 5) is 0. The van der Waals surface area contributed by atoms with Crippen molar-refractivity contribution in [2.75, 3.05) is 0 Å². The molecule has 4 fully saturated rings. The van der Waals surface area contributed by atoms with Crippen molar-refractivity contribution in [2.45, 2.75) is 343 Å². The van der Waals surface area contributed by atoms with Crippen LogP contribution in [0.5, 0.6) is 0 Å². The monoisotopic (exact) mass is 1160 g/mol. The van der Waals surface area contributed by atoms with Gasteiger partial charge in [-0.25, -0.2) is 0 Å². The van der Waals surface area contributed by atoms with Crippen LogP contribution in [-0.4, -0.2) is 0 Å². The first kappa shape index (κ1) is 115. The molecule has 4 saturated carbocycles. The van der Waals surface area contributed by atoms with Crippen LogP contribution in [0.25, 0.3) is 0 Å². The Morgan fingerprint density at radius 2 is 0.623 bits per heavy atom. The summed E-state index contributed by atoms with van der Waals surface area (Å²) < 4.78 is 0. The van der Waals surface area contributed by atoms with Gasteiger partial charge in [0, 0.05) is 0 Å². The summed E-state index contributed by atoms with van der Waals surface area (Å²) in [5.41, 5.74) is 1.32. The van der Waals surface area contributed by atoms with Gasteiger partial charge in [-0.1, -0.05) is 346 Å². The maximum absolute atomic E-state index is 2.89. The molecule has 0 nitrogen and oxygen atoms in total. The molecule has 4 aliphatic rings. The maximum Gasteiger partial charge on any atom is 2.00 e. The Kier molecular flexibility index (Phi) is 188. The van der Waals surface area contributed by atoms with E-state index < -0.39 is 0 Å². The fourth-order valence-corrected chi connectivity index (χ4v) is 6.66. The molecule has 0 unspecified atom stereocenters. The molecule has 464 valence electrons. The maximum atomic E-state index is 2.89. The van der Waals surface area contributed by atoms with Crippen LogP contribution in [-0.2, 0) is 37.1 Å². The van der Waals surface area contributed by atoms with Crippen LogP contribution in [0.1, 0.15) is 342 Å². The average molecular weight is 1160 g/mol. The minimum atomic E-state index is 0. The fraction of sp³-hybridized carbons (Fsp3) is 0.733. The van der Waals surface area contributed by atoms with E-state index in [0.717, 1.165) is 23.7 Å². The van der Waals surface area contributed by atoms with Crippen molar-refractivity contribution in [1.29, 1.82) is 0 Å². The normalized spacial score (nSPS) is 12.9. The van der Waals surface area contributed by atoms with E-state index in [1.165, 1.54) is 160 Å². The Morgan fingerprint density at radius 1 is 0.377 bits per heavy atom. The molecule has 0 aromatic heterocycles. The van der Waals surface area contributed by atoms with Crippen LogP contribution in [0.2, 0.25) is 0 Å². The second-order valence-corrected chi connectivity index (χ2v) is 17.3. The van der Waals surface area contributed by atoms with Gasteiger partial charge in [0.15, 0.2) is 0 Å². The van der Waals surface area contributed by atoms with Crippen molar-refractivity contribution in [1.82, 2.24) is 0 Å². The summed E-state index contributed by atoms with van der Waals surface area (Å²) >= 11 is 0. The van der Waals surface area contributed by atoms with Gasteiger partial charge in [-0.2, -0.15) is 98.5 Å². The molecule has 4 aliphatic carbocycles. The van der Waals surface area contributed by atoms with E-state index in [1.807, 2.05) is 162 Å². The first-order valence-electron chi connectivity index (χ1n) is 31.2. The predicted octanol–water partition coefficient (Wildman–Crippen LogP) is 29.1. The Balaban J connectivity index is -0.0000000417. The van der Waals surface area contributed by atoms with Crippen LogP contribution < -0.4 is 0 Å². The molecule has 0 aliphatic heterocycles. The van der Waals surface area contributed by atoms with Crippen molar-refractivity contribution in [3.8, 4) is 0 Å². The van der Waals surface area contributed by atoms with Gasteiger partial charge in [-0.3, -0.25) is 0 Å². The van der Waals surface area contributed by atoms with Gasteiger partial charge in [0.05, 0.1) is 0 Å². The average Bonchev–Trinajstić information content (AvgIpc) is 3.46. The van der Waals surface area contributed by atoms with Crippen LogP contribution in [0.3, 0.4) is 0 Å². The predicted molar refractivity (Wildman–Crippen MR) is 367 cm³/mol. The number of benzene rings is 3. The molecule has 2 heteroatoms. The molecule has 7 rings (SSSR count). The van der Waals surface area contributed by atoms with E-state index >= 15 is 0 Å². The van der Waals surface area contributed by atoms with Crippen molar-refractivity contribution in [3.63, 3.8) is 0 Å². The molecule has 0 bridgehead atoms. The first-order valence-corrected chi connectivity index (χ1v) is 31.2. The second-order valence-electron chi connectivity index (χ2n) is 17.3. The zero-order valence-corrected chi connectivity index (χ0v) is 57.3. The van der Waals surface area contributed by atoms with E-state index in [4.69, 9.17) is 0 Å². The molecular formula is C75H154V2. The zero-order valence-electron chi connectivity index (χ0n) is 54.5. The van der Waals surface area contributed by atoms with Crippen LogP contribution in [0.4, 0.5) is 0 Å². The van der Waals surface area contributed by atoms with Crippen molar-refractivity contribution in [3.05, 3.63) is 122 Å². The number of hydrogen-bond acceptors (Lipinski definition) is 0. The van der Waals surface area contributed by atoms with Gasteiger partial charge in [0.25, 0.3) is 0 Å². The molecule has 3 aromatic carbocycles. The van der Waals surface area contributed by atoms with E-state index in [1.54, 1.807) is 0 Å². The van der Waals surface area contributed by atoms with E-state index in [2.05, 4.69) is 113 Å². The third-order valence-electron chi connectivity index (χ3n) is 10.5. The third kappa shape index (κ3) is 132. The minimum Gasteiger partial charge on any atom is -0.328 e. The summed E-state index contributed by atoms with van der Waals surface area (Å²) in [6.07, 6.45) is 38.9. The summed E-state index contributed by atoms with van der Waals surface area (Å²) in [5.74, 6) is 4.13. The van der Waals surface area contributed by atoms with Crippen LogP contribution in [0.15, 0.2) is 91.0 Å². The van der Waals surface area contributed by atoms with Gasteiger partial charge in [-0.05, 0) is 30.6 Å². The van der Waals surface area contributed by atoms with Crippen molar-refractivity contribution in [2.24, 2.45) is 23.7 Å². The van der Waals surface area contributed by atoms with E-state index in [0.29, 0.717) is 0 Å². The number of aryl methyl sites for hydroxylation is 1. The van der Waals surface area contributed by atoms with Gasteiger partial charge >= 0.3 is 37.1 Å². The standard InChI is InChI=1S/C8H16.C7H14.2C7H13.C7H8.2C6H5.C5H12.2C3H8.6C2H6.4CH4.2V/c1-2-8-6-4-3-5-7-8;4*1-7-5-3-2-4-6-7;2*1-2-4-6-5-3-1;1-3-5-4-2;2*1-3-2;6*1-2;;;;;;/h8H,2-7H2,1H3;7H,2-6H2,1H3;2*2,7H,3-6H2,1H3;2-6H,1H3;2*1-5H;3-5H2,1-2H3;2*3H2,1-2H3;6*1-2H3;4*1H4;;/q;;2*-1;;2*-1;;;;;;;;;;;;;;2*+2. The zero-order chi connectivity index (χ0) is 56.3. The number of unbranched alkanes of at least 4 members (excludes halogenated alkanes) is 2. The number of rotatable bonds is 3. The molecule has 0 N–H and O–H groups in total. The topological polar surface area (TPSA) is 0 Å². The molecular weight excluding hydrogens is 1000 g/mol. The fourth-order valence-electron chi connectivity index (χ4n) is 6.66. The van der Waals surface area contributed by atoms with Crippen LogP contribution in [0, 0.1) is 55.6 Å². The van der Waals surface area contributed by atoms with Gasteiger partial charge in [0.1, 0.15) is 0 Å². The molecule has 2 radical (unpaired) electrons. The molecule has 0 saturated heterocycles. The number of hydrogen-bond donors (Lipinski definition) is 0. The summed E-state index contributed by atoms with van der Waals surface area (Å²) in [5, 5.41) is 0. The second kappa shape index (κ2) is 126. The first-order chi connectivity index (χ1) is 34.7. The molecule has 0 heterocycles. The summed E-state index contributed by atoms with van der Waals surface area (Å²) in [6.45, 7) is 48.4. The molecule has 0 atom stereocenters. The van der Waals surface area contributed by atoms with Gasteiger partial charge in [-0.15, -0.1) is 0 Å². The SMILES string of the molecule is C.C.C.C.CC.CC.CC.CC.CC.CC.CC1CCCCC1.CC1CC[CH-]CC1.CC1CC[CH-]CC1.CCC.CCC.CCC1CCCCC1.CCCCC.Cc1ccccc1.[V+2].[V+2].[c-]1ccccc1.[c-]1ccccc1. The van der Waals surface area contributed by atoms with E-state index in [-0.39, 0.29) is 66.8 Å². The Labute approximate surface area is 521 Å². The quantitative estimate of drug-likeness (QED) is 0.229. The molecule has 0 amide bonds. The smallest absolute Gasteiger partial charge is 0.328 e. The third-order valence-corrected chi connectivity index (χ3v) is 10.5. The molecule has 0 spiro atoms. The van der Waals surface area contributed by atoms with E-state index in [9.17, 15) is 0 Å². The minimum absolute atomic E-state index is 0. The van der Waals surface area contributed by atoms with Crippen molar-refractivity contribution >= 4 is 0 Å². The Hall–Kier alpha value is -1.17. The largest absolute Gasteiger partial charge is 2.00 e.